The molecule has 28 heavy (non-hydrogen) atoms. The van der Waals surface area contributed by atoms with E-state index < -0.39 is 0 Å². The molecule has 6 nitrogen and oxygen atoms in total. The van der Waals surface area contributed by atoms with Gasteiger partial charge in [-0.05, 0) is 51.7 Å². The van der Waals surface area contributed by atoms with Crippen LogP contribution in [0.1, 0.15) is 39.5 Å². The maximum atomic E-state index is 12.7. The molecule has 1 aromatic heterocycles. The monoisotopic (exact) mass is 381 g/mol. The van der Waals surface area contributed by atoms with Crippen LogP contribution in [0.3, 0.4) is 0 Å². The number of hydrogen-bond acceptors (Lipinski definition) is 5. The molecule has 5 atom stereocenters. The number of fused-ring (bicyclic) bond motifs is 4. The van der Waals surface area contributed by atoms with Crippen molar-refractivity contribution in [1.82, 2.24) is 9.97 Å². The van der Waals surface area contributed by atoms with Crippen LogP contribution in [0, 0.1) is 11.8 Å². The van der Waals surface area contributed by atoms with Crippen LogP contribution in [-0.4, -0.2) is 40.3 Å². The third-order valence-electron chi connectivity index (χ3n) is 6.62. The maximum Gasteiger partial charge on any atom is 0.311 e. The van der Waals surface area contributed by atoms with E-state index in [9.17, 15) is 4.79 Å². The highest BCUT2D eigenvalue weighted by Gasteiger charge is 2.62. The Morgan fingerprint density at radius 2 is 2.21 bits per heavy atom. The molecule has 0 amide bonds. The van der Waals surface area contributed by atoms with Crippen molar-refractivity contribution in [3.05, 3.63) is 35.9 Å². The molecular formula is C22H27N3O3. The van der Waals surface area contributed by atoms with Gasteiger partial charge in [-0.1, -0.05) is 23.8 Å². The maximum absolute atomic E-state index is 12.7. The molecule has 2 saturated heterocycles. The highest BCUT2D eigenvalue weighted by molar-refractivity contribution is 5.78. The average Bonchev–Trinajstić information content (AvgIpc) is 3.02. The van der Waals surface area contributed by atoms with E-state index in [1.165, 1.54) is 5.57 Å². The lowest BCUT2D eigenvalue weighted by molar-refractivity contribution is -0.144. The normalized spacial score (nSPS) is 36.8. The molecule has 2 fully saturated rings. The summed E-state index contributed by atoms with van der Waals surface area (Å²) in [6.07, 6.45) is 6.18. The largest absolute Gasteiger partial charge is 0.459 e. The van der Waals surface area contributed by atoms with Crippen molar-refractivity contribution in [2.45, 2.75) is 57.3 Å². The van der Waals surface area contributed by atoms with Crippen LogP contribution in [0.5, 0.6) is 0 Å². The Labute approximate surface area is 164 Å². The molecule has 1 aromatic carbocycles. The van der Waals surface area contributed by atoms with Gasteiger partial charge in [-0.15, -0.1) is 0 Å². The van der Waals surface area contributed by atoms with Gasteiger partial charge in [0.2, 0.25) is 5.95 Å². The summed E-state index contributed by atoms with van der Waals surface area (Å²) < 4.78 is 11.9. The predicted molar refractivity (Wildman–Crippen MR) is 107 cm³/mol. The summed E-state index contributed by atoms with van der Waals surface area (Å²) in [6, 6.07) is 7.91. The molecule has 0 saturated carbocycles. The van der Waals surface area contributed by atoms with Crippen LogP contribution in [0.25, 0.3) is 11.0 Å². The van der Waals surface area contributed by atoms with Crippen molar-refractivity contribution < 1.29 is 14.3 Å². The molecular weight excluding hydrogens is 354 g/mol. The number of hydrogen-bond donors (Lipinski definition) is 2. The van der Waals surface area contributed by atoms with Crippen LogP contribution in [-0.2, 0) is 14.3 Å². The second-order valence-corrected chi connectivity index (χ2v) is 8.63. The Hall–Kier alpha value is -2.34. The Morgan fingerprint density at radius 1 is 1.36 bits per heavy atom. The number of esters is 1. The molecule has 5 rings (SSSR count). The molecule has 2 aromatic rings. The van der Waals surface area contributed by atoms with Crippen LogP contribution < -0.4 is 5.32 Å². The number of benzene rings is 1. The van der Waals surface area contributed by atoms with Gasteiger partial charge in [0.1, 0.15) is 12.2 Å². The predicted octanol–water partition coefficient (Wildman–Crippen LogP) is 3.81. The minimum Gasteiger partial charge on any atom is -0.459 e. The zero-order valence-electron chi connectivity index (χ0n) is 16.4. The van der Waals surface area contributed by atoms with Crippen molar-refractivity contribution in [3.8, 4) is 0 Å². The van der Waals surface area contributed by atoms with Crippen LogP contribution in [0.2, 0.25) is 0 Å². The molecule has 2 aliphatic heterocycles. The number of rotatable bonds is 3. The van der Waals surface area contributed by atoms with Crippen LogP contribution in [0.15, 0.2) is 35.9 Å². The smallest absolute Gasteiger partial charge is 0.311 e. The number of carbonyl (C=O) groups excluding carboxylic acids is 1. The Balaban J connectivity index is 1.34. The summed E-state index contributed by atoms with van der Waals surface area (Å²) in [4.78, 5) is 20.5. The number of allylic oxidation sites excluding steroid dienone is 2. The van der Waals surface area contributed by atoms with Crippen molar-refractivity contribution in [1.29, 1.82) is 0 Å². The van der Waals surface area contributed by atoms with E-state index in [1.54, 1.807) is 0 Å². The van der Waals surface area contributed by atoms with Gasteiger partial charge < -0.3 is 19.8 Å². The van der Waals surface area contributed by atoms with Crippen molar-refractivity contribution in [2.24, 2.45) is 11.8 Å². The van der Waals surface area contributed by atoms with Crippen molar-refractivity contribution >= 4 is 23.0 Å². The van der Waals surface area contributed by atoms with Gasteiger partial charge in [-0.3, -0.25) is 4.79 Å². The summed E-state index contributed by atoms with van der Waals surface area (Å²) in [5.41, 5.74) is 3.14. The summed E-state index contributed by atoms with van der Waals surface area (Å²) in [6.45, 7) is 4.85. The van der Waals surface area contributed by atoms with E-state index in [-0.39, 0.29) is 35.6 Å². The number of nitrogens with zero attached hydrogens (tertiary/aromatic N) is 1. The Bertz CT molecular complexity index is 903. The van der Waals surface area contributed by atoms with Gasteiger partial charge in [0.05, 0.1) is 22.6 Å². The number of anilines is 1. The quantitative estimate of drug-likeness (QED) is 0.480. The first-order chi connectivity index (χ1) is 13.5. The number of carbonyl (C=O) groups is 1. The molecule has 0 bridgehead atoms. The fraction of sp³-hybridized carbons (Fsp3) is 0.545. The Morgan fingerprint density at radius 3 is 3.07 bits per heavy atom. The standard InChI is InChI=1S/C22H27N3O3/c1-13-6-5-11-22(2)19(28-22)18-14(10-9-13)15(20(26)27-18)12-23-21-24-16-7-3-4-8-17(16)25-21/h3-4,6-8,14-15,18-19H,5,9-12H2,1-2H3,(H2,23,24,25)/b13-6-/t14-,15-,18-,19-,22+/m0/s1. The lowest BCUT2D eigenvalue weighted by Gasteiger charge is -2.22. The molecule has 0 radical (unpaired) electrons. The third kappa shape index (κ3) is 3.09. The number of para-hydroxylation sites is 2. The van der Waals surface area contributed by atoms with Gasteiger partial charge in [-0.2, -0.15) is 0 Å². The summed E-state index contributed by atoms with van der Waals surface area (Å²) in [5, 5.41) is 3.33. The number of aromatic amines is 1. The lowest BCUT2D eigenvalue weighted by atomic mass is 9.80. The zero-order chi connectivity index (χ0) is 19.3. The fourth-order valence-corrected chi connectivity index (χ4v) is 4.82. The minimum atomic E-state index is -0.182. The summed E-state index contributed by atoms with van der Waals surface area (Å²) >= 11 is 0. The minimum absolute atomic E-state index is 0.0319. The van der Waals surface area contributed by atoms with E-state index in [1.807, 2.05) is 24.3 Å². The molecule has 0 spiro atoms. The lowest BCUT2D eigenvalue weighted by Crippen LogP contribution is -2.32. The van der Waals surface area contributed by atoms with Gasteiger partial charge >= 0.3 is 5.97 Å². The molecule has 6 heteroatoms. The van der Waals surface area contributed by atoms with Gasteiger partial charge in [0.15, 0.2) is 0 Å². The highest BCUT2D eigenvalue weighted by atomic mass is 16.6. The van der Waals surface area contributed by atoms with Crippen molar-refractivity contribution in [3.63, 3.8) is 0 Å². The molecule has 0 unspecified atom stereocenters. The van der Waals surface area contributed by atoms with Gasteiger partial charge in [-0.25, -0.2) is 4.98 Å². The molecule has 148 valence electrons. The number of H-pyrrole nitrogens is 1. The topological polar surface area (TPSA) is 79.5 Å². The number of aromatic nitrogens is 2. The number of ether oxygens (including phenoxy) is 2. The fourth-order valence-electron chi connectivity index (χ4n) is 4.82. The number of imidazole rings is 1. The zero-order valence-corrected chi connectivity index (χ0v) is 16.4. The highest BCUT2D eigenvalue weighted by Crippen LogP contribution is 2.50. The summed E-state index contributed by atoms with van der Waals surface area (Å²) in [5.74, 6) is 0.565. The van der Waals surface area contributed by atoms with E-state index in [2.05, 4.69) is 35.2 Å². The van der Waals surface area contributed by atoms with Gasteiger partial charge in [0, 0.05) is 12.5 Å². The van der Waals surface area contributed by atoms with E-state index in [4.69, 9.17) is 9.47 Å². The van der Waals surface area contributed by atoms with E-state index >= 15 is 0 Å². The first-order valence-corrected chi connectivity index (χ1v) is 10.3. The average molecular weight is 381 g/mol. The van der Waals surface area contributed by atoms with E-state index in [0.717, 1.165) is 36.7 Å². The number of nitrogens with one attached hydrogen (secondary N) is 2. The Kier molecular flexibility index (Phi) is 4.19. The van der Waals surface area contributed by atoms with E-state index in [0.29, 0.717) is 12.5 Å². The SMILES string of the molecule is C/C1=C/CC[C@@]2(C)O[C@H]2[C@H]2OC(=O)[C@@H](CNc3nc4ccccc4[nH]3)[C@@H]2CC1. The van der Waals surface area contributed by atoms with Gasteiger partial charge in [0.25, 0.3) is 0 Å². The molecule has 2 N–H and O–H groups in total. The third-order valence-corrected chi connectivity index (χ3v) is 6.62. The second-order valence-electron chi connectivity index (χ2n) is 8.63. The second kappa shape index (κ2) is 6.62. The number of epoxide rings is 1. The first-order valence-electron chi connectivity index (χ1n) is 10.3. The molecule has 3 aliphatic rings. The molecule has 3 heterocycles. The molecule has 1 aliphatic carbocycles. The summed E-state index contributed by atoms with van der Waals surface area (Å²) in [7, 11) is 0. The van der Waals surface area contributed by atoms with Crippen LogP contribution in [0.4, 0.5) is 5.95 Å². The van der Waals surface area contributed by atoms with Crippen LogP contribution >= 0.6 is 0 Å². The first kappa shape index (κ1) is 17.7. The van der Waals surface area contributed by atoms with Crippen molar-refractivity contribution in [2.75, 3.05) is 11.9 Å².